The number of benzene rings is 2. The largest absolute Gasteiger partial charge is 0.491 e. The van der Waals surface area contributed by atoms with Crippen LogP contribution in [0.5, 0.6) is 5.75 Å². The van der Waals surface area contributed by atoms with E-state index in [9.17, 15) is 4.79 Å². The van der Waals surface area contributed by atoms with Crippen molar-refractivity contribution in [2.24, 2.45) is 0 Å². The number of esters is 1. The standard InChI is InChI=1S/C27H39NO7/c1-2-3-13-28-25-11-9-24(10-12-25)27(29)35-23-21-33-19-17-31-15-14-30-16-18-32-20-22-34-26-7-5-4-6-8-26/h4-12,28H,2-3,13-23H2,1H3. The minimum absolute atomic E-state index is 0.203. The van der Waals surface area contributed by atoms with Crippen LogP contribution in [0.1, 0.15) is 30.1 Å². The van der Waals surface area contributed by atoms with Crippen LogP contribution in [-0.2, 0) is 23.7 Å². The number of anilines is 1. The van der Waals surface area contributed by atoms with E-state index in [1.54, 1.807) is 12.1 Å². The van der Waals surface area contributed by atoms with E-state index in [4.69, 9.17) is 28.4 Å². The molecule has 0 saturated carbocycles. The lowest BCUT2D eigenvalue weighted by Crippen LogP contribution is -2.15. The van der Waals surface area contributed by atoms with Crippen LogP contribution >= 0.6 is 0 Å². The third kappa shape index (κ3) is 14.4. The highest BCUT2D eigenvalue weighted by atomic mass is 16.6. The number of carbonyl (C=O) groups excluding carboxylic acids is 1. The molecule has 35 heavy (non-hydrogen) atoms. The van der Waals surface area contributed by atoms with Crippen LogP contribution in [0.2, 0.25) is 0 Å². The lowest BCUT2D eigenvalue weighted by atomic mass is 10.2. The molecule has 1 N–H and O–H groups in total. The monoisotopic (exact) mass is 489 g/mol. The molecule has 0 aliphatic heterocycles. The van der Waals surface area contributed by atoms with E-state index >= 15 is 0 Å². The third-order valence-corrected chi connectivity index (χ3v) is 4.80. The van der Waals surface area contributed by atoms with Gasteiger partial charge in [-0.3, -0.25) is 0 Å². The maximum Gasteiger partial charge on any atom is 0.338 e. The fourth-order valence-corrected chi connectivity index (χ4v) is 2.91. The molecule has 0 bridgehead atoms. The molecule has 2 aromatic carbocycles. The Balaban J connectivity index is 1.32. The van der Waals surface area contributed by atoms with Crippen molar-refractivity contribution in [3.05, 3.63) is 60.2 Å². The van der Waals surface area contributed by atoms with Gasteiger partial charge in [0.05, 0.1) is 58.4 Å². The van der Waals surface area contributed by atoms with Crippen molar-refractivity contribution >= 4 is 11.7 Å². The van der Waals surface area contributed by atoms with E-state index in [0.29, 0.717) is 65.0 Å². The Hall–Kier alpha value is -2.65. The van der Waals surface area contributed by atoms with Gasteiger partial charge in [-0.25, -0.2) is 4.79 Å². The van der Waals surface area contributed by atoms with Crippen molar-refractivity contribution in [1.29, 1.82) is 0 Å². The second-order valence-corrected chi connectivity index (χ2v) is 7.60. The third-order valence-electron chi connectivity index (χ3n) is 4.80. The lowest BCUT2D eigenvalue weighted by Gasteiger charge is -2.09. The van der Waals surface area contributed by atoms with Crippen molar-refractivity contribution in [3.63, 3.8) is 0 Å². The molecular weight excluding hydrogens is 450 g/mol. The fourth-order valence-electron chi connectivity index (χ4n) is 2.91. The molecule has 0 saturated heterocycles. The summed E-state index contributed by atoms with van der Waals surface area (Å²) in [6.07, 6.45) is 2.26. The number of hydrogen-bond donors (Lipinski definition) is 1. The van der Waals surface area contributed by atoms with E-state index in [1.807, 2.05) is 42.5 Å². The number of carbonyl (C=O) groups is 1. The molecule has 0 radical (unpaired) electrons. The zero-order valence-corrected chi connectivity index (χ0v) is 20.7. The van der Waals surface area contributed by atoms with Gasteiger partial charge in [-0.2, -0.15) is 0 Å². The second kappa shape index (κ2) is 19.6. The van der Waals surface area contributed by atoms with Gasteiger partial charge in [0.15, 0.2) is 0 Å². The normalized spacial score (nSPS) is 10.8. The average molecular weight is 490 g/mol. The smallest absolute Gasteiger partial charge is 0.338 e. The molecule has 0 unspecified atom stereocenters. The molecule has 8 nitrogen and oxygen atoms in total. The molecule has 0 aliphatic rings. The van der Waals surface area contributed by atoms with E-state index in [0.717, 1.165) is 30.8 Å². The quantitative estimate of drug-likeness (QED) is 0.206. The predicted molar refractivity (Wildman–Crippen MR) is 135 cm³/mol. The van der Waals surface area contributed by atoms with E-state index in [1.165, 1.54) is 0 Å². The molecule has 0 aliphatic carbocycles. The molecule has 0 aromatic heterocycles. The van der Waals surface area contributed by atoms with Crippen LogP contribution in [-0.4, -0.2) is 78.6 Å². The van der Waals surface area contributed by atoms with Crippen LogP contribution in [0.4, 0.5) is 5.69 Å². The molecule has 0 fully saturated rings. The Morgan fingerprint density at radius 3 is 1.80 bits per heavy atom. The molecule has 0 amide bonds. The van der Waals surface area contributed by atoms with Gasteiger partial charge in [0.2, 0.25) is 0 Å². The molecular formula is C27H39NO7. The number of nitrogens with one attached hydrogen (secondary N) is 1. The molecule has 8 heteroatoms. The van der Waals surface area contributed by atoms with Crippen molar-refractivity contribution in [2.45, 2.75) is 19.8 Å². The first-order valence-electron chi connectivity index (χ1n) is 12.3. The van der Waals surface area contributed by atoms with E-state index < -0.39 is 0 Å². The van der Waals surface area contributed by atoms with Gasteiger partial charge < -0.3 is 33.7 Å². The number of hydrogen-bond acceptors (Lipinski definition) is 8. The molecule has 0 heterocycles. The Kier molecular flexibility index (Phi) is 16.0. The number of rotatable bonds is 21. The van der Waals surface area contributed by atoms with Gasteiger partial charge in [-0.1, -0.05) is 31.5 Å². The predicted octanol–water partition coefficient (Wildman–Crippen LogP) is 4.20. The average Bonchev–Trinajstić information content (AvgIpc) is 2.89. The van der Waals surface area contributed by atoms with Crippen molar-refractivity contribution in [2.75, 3.05) is 77.9 Å². The first-order chi connectivity index (χ1) is 17.3. The summed E-state index contributed by atoms with van der Waals surface area (Å²) in [5.41, 5.74) is 1.53. The SMILES string of the molecule is CCCCNc1ccc(C(=O)OCCOCCOCCOCCOCCOc2ccccc2)cc1. The summed E-state index contributed by atoms with van der Waals surface area (Å²) in [5, 5.41) is 3.31. The van der Waals surface area contributed by atoms with Crippen LogP contribution in [0.3, 0.4) is 0 Å². The van der Waals surface area contributed by atoms with Gasteiger partial charge in [0.25, 0.3) is 0 Å². The second-order valence-electron chi connectivity index (χ2n) is 7.60. The first kappa shape index (κ1) is 28.6. The van der Waals surface area contributed by atoms with Gasteiger partial charge >= 0.3 is 5.97 Å². The van der Waals surface area contributed by atoms with Crippen LogP contribution < -0.4 is 10.1 Å². The summed E-state index contributed by atoms with van der Waals surface area (Å²) in [6, 6.07) is 16.9. The zero-order chi connectivity index (χ0) is 24.8. The fraction of sp³-hybridized carbons (Fsp3) is 0.519. The Morgan fingerprint density at radius 1 is 0.686 bits per heavy atom. The number of unbranched alkanes of at least 4 members (excludes halogenated alkanes) is 1. The van der Waals surface area contributed by atoms with Gasteiger partial charge in [-0.15, -0.1) is 0 Å². The van der Waals surface area contributed by atoms with E-state index in [2.05, 4.69) is 12.2 Å². The maximum atomic E-state index is 12.1. The molecule has 0 atom stereocenters. The van der Waals surface area contributed by atoms with Crippen molar-refractivity contribution < 1.29 is 33.2 Å². The highest BCUT2D eigenvalue weighted by molar-refractivity contribution is 5.89. The van der Waals surface area contributed by atoms with Crippen molar-refractivity contribution in [3.8, 4) is 5.75 Å². The summed E-state index contributed by atoms with van der Waals surface area (Å²) in [6.45, 7) is 7.52. The minimum atomic E-state index is -0.352. The van der Waals surface area contributed by atoms with Gasteiger partial charge in [0.1, 0.15) is 19.0 Å². The van der Waals surface area contributed by atoms with Gasteiger partial charge in [0, 0.05) is 12.2 Å². The highest BCUT2D eigenvalue weighted by Crippen LogP contribution is 2.11. The summed E-state index contributed by atoms with van der Waals surface area (Å²) < 4.78 is 32.5. The minimum Gasteiger partial charge on any atom is -0.491 e. The summed E-state index contributed by atoms with van der Waals surface area (Å²) in [7, 11) is 0. The number of para-hydroxylation sites is 1. The molecule has 2 aromatic rings. The highest BCUT2D eigenvalue weighted by Gasteiger charge is 2.06. The summed E-state index contributed by atoms with van der Waals surface area (Å²) in [5.74, 6) is 0.487. The summed E-state index contributed by atoms with van der Waals surface area (Å²) in [4.78, 5) is 12.1. The summed E-state index contributed by atoms with van der Waals surface area (Å²) >= 11 is 0. The number of ether oxygens (including phenoxy) is 6. The Morgan fingerprint density at radius 2 is 1.23 bits per heavy atom. The van der Waals surface area contributed by atoms with Crippen LogP contribution in [0.25, 0.3) is 0 Å². The Labute approximate surface area is 208 Å². The first-order valence-corrected chi connectivity index (χ1v) is 12.3. The molecule has 2 rings (SSSR count). The lowest BCUT2D eigenvalue weighted by molar-refractivity contribution is -0.0107. The Bertz CT molecular complexity index is 771. The molecule has 194 valence electrons. The molecule has 0 spiro atoms. The zero-order valence-electron chi connectivity index (χ0n) is 20.7. The van der Waals surface area contributed by atoms with Gasteiger partial charge in [-0.05, 0) is 42.8 Å². The van der Waals surface area contributed by atoms with Crippen molar-refractivity contribution in [1.82, 2.24) is 0 Å². The topological polar surface area (TPSA) is 84.5 Å². The van der Waals surface area contributed by atoms with E-state index in [-0.39, 0.29) is 12.6 Å². The van der Waals surface area contributed by atoms with Crippen LogP contribution in [0.15, 0.2) is 54.6 Å². The van der Waals surface area contributed by atoms with Crippen LogP contribution in [0, 0.1) is 0 Å². The maximum absolute atomic E-state index is 12.1.